The van der Waals surface area contributed by atoms with Crippen LogP contribution < -0.4 is 0 Å². The topological polar surface area (TPSA) is 75.8 Å². The summed E-state index contributed by atoms with van der Waals surface area (Å²) in [7, 11) is -2.33. The van der Waals surface area contributed by atoms with Gasteiger partial charge in [0.05, 0.1) is 5.69 Å². The number of benzene rings is 1. The molecule has 194 valence electrons. The minimum absolute atomic E-state index is 0.146. The summed E-state index contributed by atoms with van der Waals surface area (Å²) in [6.45, 7) is 17.5. The van der Waals surface area contributed by atoms with Crippen LogP contribution in [0.3, 0.4) is 0 Å². The number of ether oxygens (including phenoxy) is 1. The van der Waals surface area contributed by atoms with Crippen LogP contribution in [0, 0.1) is 5.92 Å². The highest BCUT2D eigenvalue weighted by molar-refractivity contribution is 6.72. The van der Waals surface area contributed by atoms with E-state index < -0.39 is 13.9 Å². The Balaban J connectivity index is 1.71. The summed E-state index contributed by atoms with van der Waals surface area (Å²) >= 11 is 0. The molecule has 0 spiro atoms. The number of amides is 1. The Morgan fingerprint density at radius 2 is 1.89 bits per heavy atom. The Hall–Kier alpha value is -2.12. The second-order valence-electron chi connectivity index (χ2n) is 12.3. The predicted octanol–water partition coefficient (Wildman–Crippen LogP) is 6.96. The van der Waals surface area contributed by atoms with Crippen molar-refractivity contribution in [2.75, 3.05) is 13.1 Å². The molecule has 1 fully saturated rings. The van der Waals surface area contributed by atoms with E-state index in [0.717, 1.165) is 67.4 Å². The van der Waals surface area contributed by atoms with Gasteiger partial charge in [-0.2, -0.15) is 0 Å². The van der Waals surface area contributed by atoms with Gasteiger partial charge in [0.25, 0.3) is 0 Å². The molecule has 1 saturated heterocycles. The van der Waals surface area contributed by atoms with Crippen LogP contribution in [0.25, 0.3) is 17.0 Å². The molecule has 0 radical (unpaired) electrons. The third-order valence-electron chi connectivity index (χ3n) is 7.44. The number of nitrogens with zero attached hydrogens (tertiary/aromatic N) is 2. The van der Waals surface area contributed by atoms with Crippen molar-refractivity contribution >= 4 is 31.5 Å². The second kappa shape index (κ2) is 10.5. The van der Waals surface area contributed by atoms with E-state index in [1.165, 1.54) is 5.56 Å². The fourth-order valence-electron chi connectivity index (χ4n) is 4.56. The average molecular weight is 501 g/mol. The summed E-state index contributed by atoms with van der Waals surface area (Å²) < 4.78 is 11.3. The molecular weight excluding hydrogens is 456 g/mol. The molecule has 0 saturated carbocycles. The molecule has 1 aliphatic rings. The van der Waals surface area contributed by atoms with E-state index in [2.05, 4.69) is 37.2 Å². The monoisotopic (exact) mass is 500 g/mol. The maximum atomic E-state index is 12.4. The van der Waals surface area contributed by atoms with Crippen molar-refractivity contribution < 1.29 is 18.9 Å². The van der Waals surface area contributed by atoms with Crippen LogP contribution in [0.2, 0.25) is 18.1 Å². The normalized spacial score (nSPS) is 16.4. The van der Waals surface area contributed by atoms with Crippen molar-refractivity contribution in [2.24, 2.45) is 5.92 Å². The van der Waals surface area contributed by atoms with Crippen molar-refractivity contribution in [3.8, 4) is 0 Å². The van der Waals surface area contributed by atoms with Gasteiger partial charge in [-0.05, 0) is 102 Å². The first-order valence-electron chi connectivity index (χ1n) is 12.9. The number of fused-ring (bicyclic) bond motifs is 1. The Morgan fingerprint density at radius 3 is 2.46 bits per heavy atom. The van der Waals surface area contributed by atoms with Gasteiger partial charge in [0.15, 0.2) is 13.9 Å². The summed E-state index contributed by atoms with van der Waals surface area (Å²) in [4.78, 5) is 25.0. The van der Waals surface area contributed by atoms with E-state index in [4.69, 9.17) is 9.26 Å². The number of aryl methyl sites for hydroxylation is 1. The van der Waals surface area contributed by atoms with Crippen LogP contribution in [-0.4, -0.2) is 48.0 Å². The smallest absolute Gasteiger partial charge is 0.410 e. The standard InChI is InChI=1S/C28H44N2O4Si/c1-9-10-22-17-21(19-28(5,6)35(7,8)32)18-23-24(29-34-25(22)23)12-11-20-13-15-30(16-14-20)26(31)33-27(2,3)4/h9-10,17-18,20,32H,11-16,19H2,1-8H3/b10-9+. The Morgan fingerprint density at radius 1 is 1.23 bits per heavy atom. The summed E-state index contributed by atoms with van der Waals surface area (Å²) in [5.74, 6) is 0.554. The Bertz CT molecular complexity index is 1050. The van der Waals surface area contributed by atoms with E-state index >= 15 is 0 Å². The maximum Gasteiger partial charge on any atom is 0.410 e. The molecule has 7 heteroatoms. The number of piperidine rings is 1. The second-order valence-corrected chi connectivity index (χ2v) is 16.7. The van der Waals surface area contributed by atoms with Crippen molar-refractivity contribution in [2.45, 2.75) is 97.4 Å². The van der Waals surface area contributed by atoms with Gasteiger partial charge >= 0.3 is 6.09 Å². The minimum atomic E-state index is -2.33. The van der Waals surface area contributed by atoms with Gasteiger partial charge in [-0.3, -0.25) is 0 Å². The third-order valence-corrected chi connectivity index (χ3v) is 10.9. The van der Waals surface area contributed by atoms with Crippen molar-refractivity contribution in [1.29, 1.82) is 0 Å². The highest BCUT2D eigenvalue weighted by atomic mass is 28.4. The lowest BCUT2D eigenvalue weighted by Crippen LogP contribution is -2.41. The lowest BCUT2D eigenvalue weighted by Gasteiger charge is -2.35. The largest absolute Gasteiger partial charge is 0.444 e. The van der Waals surface area contributed by atoms with E-state index in [-0.39, 0.29) is 11.1 Å². The van der Waals surface area contributed by atoms with Gasteiger partial charge in [0, 0.05) is 24.0 Å². The molecule has 0 atom stereocenters. The number of hydrogen-bond donors (Lipinski definition) is 1. The molecule has 35 heavy (non-hydrogen) atoms. The third kappa shape index (κ3) is 6.97. The van der Waals surface area contributed by atoms with Gasteiger partial charge in [-0.1, -0.05) is 31.2 Å². The predicted molar refractivity (Wildman–Crippen MR) is 145 cm³/mol. The van der Waals surface area contributed by atoms with Crippen molar-refractivity contribution in [3.05, 3.63) is 35.0 Å². The quantitative estimate of drug-likeness (QED) is 0.416. The van der Waals surface area contributed by atoms with E-state index in [1.807, 2.05) is 51.8 Å². The number of allylic oxidation sites excluding steroid dienone is 1. The number of carbonyl (C=O) groups is 1. The number of rotatable bonds is 7. The van der Waals surface area contributed by atoms with Gasteiger partial charge in [-0.15, -0.1) is 0 Å². The SMILES string of the molecule is C/C=C/c1cc(CC(C)(C)[Si](C)(C)O)cc2c(CCC3CCN(C(=O)OC(C)(C)C)CC3)noc12. The van der Waals surface area contributed by atoms with Crippen LogP contribution in [-0.2, 0) is 17.6 Å². The maximum absolute atomic E-state index is 12.4. The fourth-order valence-corrected chi connectivity index (χ4v) is 5.20. The molecule has 0 aliphatic carbocycles. The number of hydrogen-bond acceptors (Lipinski definition) is 5. The van der Waals surface area contributed by atoms with Crippen LogP contribution in [0.1, 0.15) is 77.6 Å². The Labute approximate surface area is 211 Å². The molecule has 1 aromatic heterocycles. The zero-order valence-electron chi connectivity index (χ0n) is 22.9. The molecule has 1 amide bonds. The molecule has 1 aromatic carbocycles. The van der Waals surface area contributed by atoms with Crippen molar-refractivity contribution in [1.82, 2.24) is 10.1 Å². The van der Waals surface area contributed by atoms with Crippen LogP contribution >= 0.6 is 0 Å². The minimum Gasteiger partial charge on any atom is -0.444 e. The zero-order chi connectivity index (χ0) is 26.0. The van der Waals surface area contributed by atoms with E-state index in [1.54, 1.807) is 0 Å². The number of likely N-dealkylation sites (tertiary alicyclic amines) is 1. The first kappa shape index (κ1) is 27.5. The van der Waals surface area contributed by atoms with Crippen LogP contribution in [0.15, 0.2) is 22.7 Å². The van der Waals surface area contributed by atoms with E-state index in [0.29, 0.717) is 5.92 Å². The van der Waals surface area contributed by atoms with Gasteiger partial charge < -0.3 is 19.0 Å². The highest BCUT2D eigenvalue weighted by Gasteiger charge is 2.38. The van der Waals surface area contributed by atoms with Gasteiger partial charge in [0.2, 0.25) is 0 Å². The molecule has 1 N–H and O–H groups in total. The molecule has 6 nitrogen and oxygen atoms in total. The zero-order valence-corrected chi connectivity index (χ0v) is 23.9. The molecular formula is C28H44N2O4Si. The van der Waals surface area contributed by atoms with Gasteiger partial charge in [-0.25, -0.2) is 4.79 Å². The lowest BCUT2D eigenvalue weighted by atomic mass is 9.90. The van der Waals surface area contributed by atoms with E-state index in [9.17, 15) is 9.59 Å². The first-order valence-corrected chi connectivity index (χ1v) is 15.9. The summed E-state index contributed by atoms with van der Waals surface area (Å²) in [6.07, 6.45) is 8.54. The summed E-state index contributed by atoms with van der Waals surface area (Å²) in [6, 6.07) is 4.38. The average Bonchev–Trinajstić information content (AvgIpc) is 3.13. The van der Waals surface area contributed by atoms with Crippen molar-refractivity contribution in [3.63, 3.8) is 0 Å². The first-order chi connectivity index (χ1) is 16.2. The summed E-state index contributed by atoms with van der Waals surface area (Å²) in [5, 5.41) is 5.39. The van der Waals surface area contributed by atoms with Gasteiger partial charge in [0.1, 0.15) is 5.60 Å². The highest BCUT2D eigenvalue weighted by Crippen LogP contribution is 2.40. The molecule has 0 bridgehead atoms. The molecule has 2 heterocycles. The number of aromatic nitrogens is 1. The van der Waals surface area contributed by atoms with Crippen LogP contribution in [0.5, 0.6) is 0 Å². The fraction of sp³-hybridized carbons (Fsp3) is 0.643. The summed E-state index contributed by atoms with van der Waals surface area (Å²) in [5.41, 5.74) is 3.62. The molecule has 1 aliphatic heterocycles. The van der Waals surface area contributed by atoms with Crippen LogP contribution in [0.4, 0.5) is 4.79 Å². The number of carbonyl (C=O) groups excluding carboxylic acids is 1. The molecule has 0 unspecified atom stereocenters. The molecule has 3 rings (SSSR count). The Kier molecular flexibility index (Phi) is 8.22. The lowest BCUT2D eigenvalue weighted by molar-refractivity contribution is 0.0181. The molecule has 2 aromatic rings.